The maximum Gasteiger partial charge on any atom is 0.257 e. The van der Waals surface area contributed by atoms with Crippen LogP contribution >= 0.6 is 50.7 Å². The Morgan fingerprint density at radius 3 is 2.56 bits per heavy atom. The van der Waals surface area contributed by atoms with E-state index < -0.39 is 0 Å². The number of amides is 1. The van der Waals surface area contributed by atoms with Crippen molar-refractivity contribution in [2.45, 2.75) is 19.8 Å². The van der Waals surface area contributed by atoms with Gasteiger partial charge in [-0.3, -0.25) is 10.1 Å². The molecule has 0 radical (unpaired) electrons. The van der Waals surface area contributed by atoms with Gasteiger partial charge in [0.1, 0.15) is 5.52 Å². The highest BCUT2D eigenvalue weighted by Gasteiger charge is 2.13. The minimum Gasteiger partial charge on any atom is -0.436 e. The Morgan fingerprint density at radius 2 is 1.84 bits per heavy atom. The molecular weight excluding hydrogens is 601 g/mol. The molecule has 0 fully saturated rings. The molecule has 1 amide bonds. The van der Waals surface area contributed by atoms with Crippen molar-refractivity contribution in [2.75, 3.05) is 5.32 Å². The molecule has 0 spiro atoms. The first-order valence-electron chi connectivity index (χ1n) is 9.88. The number of aromatic nitrogens is 1. The molecule has 0 bridgehead atoms. The van der Waals surface area contributed by atoms with Crippen molar-refractivity contribution < 1.29 is 9.21 Å². The fourth-order valence-electron chi connectivity index (χ4n) is 3.14. The Labute approximate surface area is 213 Å². The lowest BCUT2D eigenvalue weighted by molar-refractivity contribution is 0.0977. The van der Waals surface area contributed by atoms with Gasteiger partial charge in [-0.25, -0.2) is 4.98 Å². The van der Waals surface area contributed by atoms with Gasteiger partial charge in [-0.2, -0.15) is 0 Å². The van der Waals surface area contributed by atoms with Crippen LogP contribution in [0, 0.1) is 3.57 Å². The van der Waals surface area contributed by atoms with Crippen LogP contribution in [-0.2, 0) is 0 Å². The van der Waals surface area contributed by atoms with E-state index in [1.807, 2.05) is 48.5 Å². The quantitative estimate of drug-likeness (QED) is 0.188. The van der Waals surface area contributed by atoms with Crippen molar-refractivity contribution in [2.24, 2.45) is 0 Å². The van der Waals surface area contributed by atoms with Crippen LogP contribution in [0.2, 0.25) is 0 Å². The van der Waals surface area contributed by atoms with Gasteiger partial charge in [-0.15, -0.1) is 0 Å². The smallest absolute Gasteiger partial charge is 0.257 e. The van der Waals surface area contributed by atoms with E-state index in [9.17, 15) is 4.79 Å². The average Bonchev–Trinajstić information content (AvgIpc) is 3.18. The first-order chi connectivity index (χ1) is 15.3. The summed E-state index contributed by atoms with van der Waals surface area (Å²) >= 11 is 11.1. The van der Waals surface area contributed by atoms with Gasteiger partial charge in [0.2, 0.25) is 5.89 Å². The molecule has 4 rings (SSSR count). The molecule has 0 saturated heterocycles. The van der Waals surface area contributed by atoms with E-state index in [1.54, 1.807) is 12.1 Å². The summed E-state index contributed by atoms with van der Waals surface area (Å²) in [5, 5.41) is 5.97. The van der Waals surface area contributed by atoms with Crippen LogP contribution in [0.5, 0.6) is 0 Å². The predicted molar refractivity (Wildman–Crippen MR) is 144 cm³/mol. The van der Waals surface area contributed by atoms with Gasteiger partial charge < -0.3 is 9.73 Å². The van der Waals surface area contributed by atoms with Crippen LogP contribution in [0.1, 0.15) is 35.7 Å². The minimum atomic E-state index is -0.258. The van der Waals surface area contributed by atoms with Crippen LogP contribution in [0.15, 0.2) is 69.6 Å². The summed E-state index contributed by atoms with van der Waals surface area (Å²) in [7, 11) is 0. The summed E-state index contributed by atoms with van der Waals surface area (Å²) in [5.41, 5.74) is 4.68. The molecule has 1 heterocycles. The summed E-state index contributed by atoms with van der Waals surface area (Å²) in [6.07, 6.45) is 0. The van der Waals surface area contributed by atoms with Gasteiger partial charge in [0, 0.05) is 19.3 Å². The van der Waals surface area contributed by atoms with Gasteiger partial charge in [-0.1, -0.05) is 26.0 Å². The van der Waals surface area contributed by atoms with Crippen molar-refractivity contribution in [3.05, 3.63) is 79.8 Å². The predicted octanol–water partition coefficient (Wildman–Crippen LogP) is 7.11. The number of thiocarbonyl (C=S) groups is 1. The van der Waals surface area contributed by atoms with E-state index in [4.69, 9.17) is 16.6 Å². The van der Waals surface area contributed by atoms with Crippen LogP contribution in [0.25, 0.3) is 22.6 Å². The molecule has 4 aromatic rings. The second kappa shape index (κ2) is 9.68. The lowest BCUT2D eigenvalue weighted by Crippen LogP contribution is -2.34. The minimum absolute atomic E-state index is 0.214. The average molecular weight is 620 g/mol. The number of anilines is 1. The van der Waals surface area contributed by atoms with Crippen molar-refractivity contribution in [1.29, 1.82) is 0 Å². The number of oxazole rings is 1. The number of carbonyl (C=O) groups excluding carboxylic acids is 1. The molecule has 162 valence electrons. The number of nitrogens with one attached hydrogen (secondary N) is 2. The standard InChI is InChI=1S/C24H19BrIN3O2S/c1-13(2)14-3-5-15(6-4-14)22(30)29-24(32)27-17-8-10-21-20(12-17)28-23(31-21)18-11-16(26)7-9-19(18)25/h3-13H,1-2H3,(H2,27,29,30,32). The zero-order chi connectivity index (χ0) is 22.8. The van der Waals surface area contributed by atoms with Crippen LogP contribution < -0.4 is 10.6 Å². The monoisotopic (exact) mass is 619 g/mol. The van der Waals surface area contributed by atoms with Crippen LogP contribution in [-0.4, -0.2) is 16.0 Å². The highest BCUT2D eigenvalue weighted by Crippen LogP contribution is 2.32. The molecule has 8 heteroatoms. The van der Waals surface area contributed by atoms with Gasteiger partial charge in [0.15, 0.2) is 10.7 Å². The first-order valence-corrected chi connectivity index (χ1v) is 12.2. The van der Waals surface area contributed by atoms with E-state index in [1.165, 1.54) is 5.56 Å². The normalized spacial score (nSPS) is 11.0. The Balaban J connectivity index is 1.47. The van der Waals surface area contributed by atoms with Gasteiger partial charge in [0.05, 0.1) is 5.56 Å². The lowest BCUT2D eigenvalue weighted by atomic mass is 10.0. The molecule has 0 unspecified atom stereocenters. The molecule has 32 heavy (non-hydrogen) atoms. The van der Waals surface area contributed by atoms with Crippen molar-refractivity contribution in [1.82, 2.24) is 10.3 Å². The number of nitrogens with zero attached hydrogens (tertiary/aromatic N) is 1. The first kappa shape index (κ1) is 22.9. The highest BCUT2D eigenvalue weighted by molar-refractivity contribution is 14.1. The zero-order valence-corrected chi connectivity index (χ0v) is 21.8. The molecule has 0 aliphatic carbocycles. The Morgan fingerprint density at radius 1 is 1.09 bits per heavy atom. The number of rotatable bonds is 4. The molecule has 5 nitrogen and oxygen atoms in total. The Bertz CT molecular complexity index is 1320. The summed E-state index contributed by atoms with van der Waals surface area (Å²) < 4.78 is 7.92. The zero-order valence-electron chi connectivity index (χ0n) is 17.3. The third kappa shape index (κ3) is 5.19. The largest absolute Gasteiger partial charge is 0.436 e. The maximum absolute atomic E-state index is 12.5. The lowest BCUT2D eigenvalue weighted by Gasteiger charge is -2.10. The maximum atomic E-state index is 12.5. The fraction of sp³-hybridized carbons (Fsp3) is 0.125. The van der Waals surface area contributed by atoms with Crippen molar-refractivity contribution in [3.63, 3.8) is 0 Å². The topological polar surface area (TPSA) is 67.2 Å². The van der Waals surface area contributed by atoms with E-state index >= 15 is 0 Å². The molecule has 1 aromatic heterocycles. The van der Waals surface area contributed by atoms with E-state index in [0.29, 0.717) is 34.2 Å². The molecule has 0 atom stereocenters. The SMILES string of the molecule is CC(C)c1ccc(C(=O)NC(=S)Nc2ccc3oc(-c4cc(I)ccc4Br)nc3c2)cc1. The van der Waals surface area contributed by atoms with E-state index in [0.717, 1.165) is 13.6 Å². The summed E-state index contributed by atoms with van der Waals surface area (Å²) in [4.78, 5) is 17.1. The van der Waals surface area contributed by atoms with Gasteiger partial charge >= 0.3 is 0 Å². The number of hydrogen-bond acceptors (Lipinski definition) is 4. The molecule has 0 aliphatic heterocycles. The summed E-state index contributed by atoms with van der Waals surface area (Å²) in [5.74, 6) is 0.683. The Hall–Kier alpha value is -2.30. The van der Waals surface area contributed by atoms with Gasteiger partial charge in [0.25, 0.3) is 5.91 Å². The summed E-state index contributed by atoms with van der Waals surface area (Å²) in [6, 6.07) is 19.0. The van der Waals surface area contributed by atoms with E-state index in [2.05, 4.69) is 68.0 Å². The molecule has 0 saturated carbocycles. The third-order valence-corrected chi connectivity index (χ3v) is 6.44. The number of halogens is 2. The number of hydrogen-bond donors (Lipinski definition) is 2. The second-order valence-electron chi connectivity index (χ2n) is 7.51. The van der Waals surface area contributed by atoms with Crippen LogP contribution in [0.3, 0.4) is 0 Å². The second-order valence-corrected chi connectivity index (χ2v) is 10.0. The molecule has 3 aromatic carbocycles. The fourth-order valence-corrected chi connectivity index (χ4v) is 4.26. The van der Waals surface area contributed by atoms with E-state index in [-0.39, 0.29) is 11.0 Å². The van der Waals surface area contributed by atoms with Crippen molar-refractivity contribution >= 4 is 78.5 Å². The van der Waals surface area contributed by atoms with Crippen molar-refractivity contribution in [3.8, 4) is 11.5 Å². The Kier molecular flexibility index (Phi) is 6.92. The van der Waals surface area contributed by atoms with Gasteiger partial charge in [-0.05, 0) is 111 Å². The number of fused-ring (bicyclic) bond motifs is 1. The molecular formula is C24H19BrIN3O2S. The number of carbonyl (C=O) groups is 1. The summed E-state index contributed by atoms with van der Waals surface area (Å²) in [6.45, 7) is 4.23. The molecule has 2 N–H and O–H groups in total. The van der Waals surface area contributed by atoms with Crippen LogP contribution in [0.4, 0.5) is 5.69 Å². The third-order valence-electron chi connectivity index (χ3n) is 4.87. The molecule has 0 aliphatic rings. The number of benzene rings is 3. The highest BCUT2D eigenvalue weighted by atomic mass is 127.